The average molecular weight is 369 g/mol. The van der Waals surface area contributed by atoms with E-state index in [0.29, 0.717) is 19.1 Å². The average Bonchev–Trinajstić information content (AvgIpc) is 3.26. The molecule has 0 bridgehead atoms. The first kappa shape index (κ1) is 16.6. The van der Waals surface area contributed by atoms with Crippen LogP contribution >= 0.6 is 0 Å². The van der Waals surface area contributed by atoms with E-state index in [1.807, 2.05) is 29.2 Å². The highest BCUT2D eigenvalue weighted by molar-refractivity contribution is 5.80. The zero-order valence-corrected chi connectivity index (χ0v) is 15.1. The van der Waals surface area contributed by atoms with Crippen LogP contribution in [0.25, 0.3) is 11.1 Å². The van der Waals surface area contributed by atoms with Gasteiger partial charge in [0, 0.05) is 32.1 Å². The third-order valence-corrected chi connectivity index (χ3v) is 6.49. The molecule has 1 aromatic carbocycles. The van der Waals surface area contributed by atoms with Crippen LogP contribution in [0.5, 0.6) is 0 Å². The SMILES string of the molecule is O=C(O)[C@@H]1[C@@H]2CCN(C(=O)C3CCN(c4nc5ccccc5o4)CC3)C[C@@H]21. The van der Waals surface area contributed by atoms with Crippen LogP contribution in [0, 0.1) is 23.7 Å². The molecule has 1 amide bonds. The van der Waals surface area contributed by atoms with Crippen molar-refractivity contribution in [2.75, 3.05) is 31.1 Å². The lowest BCUT2D eigenvalue weighted by molar-refractivity contribution is -0.140. The van der Waals surface area contributed by atoms with Crippen LogP contribution in [0.4, 0.5) is 6.01 Å². The van der Waals surface area contributed by atoms with Crippen molar-refractivity contribution in [2.45, 2.75) is 19.3 Å². The largest absolute Gasteiger partial charge is 0.481 e. The second-order valence-electron chi connectivity index (χ2n) is 7.99. The zero-order chi connectivity index (χ0) is 18.5. The molecule has 0 spiro atoms. The molecule has 7 heteroatoms. The van der Waals surface area contributed by atoms with Crippen molar-refractivity contribution in [1.29, 1.82) is 0 Å². The summed E-state index contributed by atoms with van der Waals surface area (Å²) in [6.07, 6.45) is 2.39. The fourth-order valence-corrected chi connectivity index (χ4v) is 4.88. The van der Waals surface area contributed by atoms with E-state index in [0.717, 1.165) is 43.5 Å². The fraction of sp³-hybridized carbons (Fsp3) is 0.550. The van der Waals surface area contributed by atoms with Crippen molar-refractivity contribution in [1.82, 2.24) is 9.88 Å². The fourth-order valence-electron chi connectivity index (χ4n) is 4.88. The van der Waals surface area contributed by atoms with Crippen LogP contribution in [-0.4, -0.2) is 53.0 Å². The second kappa shape index (κ2) is 6.25. The lowest BCUT2D eigenvalue weighted by Gasteiger charge is -2.34. The Kier molecular flexibility index (Phi) is 3.84. The van der Waals surface area contributed by atoms with Crippen LogP contribution in [-0.2, 0) is 9.59 Å². The van der Waals surface area contributed by atoms with E-state index < -0.39 is 5.97 Å². The topological polar surface area (TPSA) is 86.9 Å². The maximum Gasteiger partial charge on any atom is 0.307 e. The van der Waals surface area contributed by atoms with E-state index in [-0.39, 0.29) is 29.6 Å². The number of oxazole rings is 1. The van der Waals surface area contributed by atoms with Gasteiger partial charge in [-0.2, -0.15) is 4.98 Å². The molecule has 2 aliphatic heterocycles. The standard InChI is InChI=1S/C20H23N3O4/c24-18(23-10-7-13-14(11-23)17(13)19(25)26)12-5-8-22(9-6-12)20-21-15-3-1-2-4-16(15)27-20/h1-4,12-14,17H,5-11H2,(H,25,26)/t13-,14+,17-/m1/s1. The smallest absolute Gasteiger partial charge is 0.307 e. The van der Waals surface area contributed by atoms with E-state index >= 15 is 0 Å². The molecule has 1 N–H and O–H groups in total. The number of piperidine rings is 2. The van der Waals surface area contributed by atoms with Gasteiger partial charge in [0.2, 0.25) is 5.91 Å². The monoisotopic (exact) mass is 369 g/mol. The van der Waals surface area contributed by atoms with Gasteiger partial charge in [-0.1, -0.05) is 12.1 Å². The maximum atomic E-state index is 12.9. The van der Waals surface area contributed by atoms with E-state index in [1.54, 1.807) is 0 Å². The Balaban J connectivity index is 1.19. The molecule has 3 atom stereocenters. The molecular formula is C20H23N3O4. The number of likely N-dealkylation sites (tertiary alicyclic amines) is 1. The number of para-hydroxylation sites is 2. The predicted octanol–water partition coefficient (Wildman–Crippen LogP) is 2.22. The Morgan fingerprint density at radius 3 is 2.59 bits per heavy atom. The molecule has 3 heterocycles. The van der Waals surface area contributed by atoms with Gasteiger partial charge in [-0.05, 0) is 43.2 Å². The van der Waals surface area contributed by atoms with Gasteiger partial charge in [-0.3, -0.25) is 9.59 Å². The Hall–Kier alpha value is -2.57. The molecule has 7 nitrogen and oxygen atoms in total. The summed E-state index contributed by atoms with van der Waals surface area (Å²) in [6, 6.07) is 8.35. The highest BCUT2D eigenvalue weighted by Crippen LogP contribution is 2.51. The lowest BCUT2D eigenvalue weighted by Crippen LogP contribution is -2.45. The first-order valence-corrected chi connectivity index (χ1v) is 9.74. The van der Waals surface area contributed by atoms with Crippen LogP contribution in [0.1, 0.15) is 19.3 Å². The molecular weight excluding hydrogens is 346 g/mol. The van der Waals surface area contributed by atoms with Gasteiger partial charge in [0.15, 0.2) is 5.58 Å². The highest BCUT2D eigenvalue weighted by atomic mass is 16.4. The molecule has 3 aliphatic rings. The first-order chi connectivity index (χ1) is 13.1. The van der Waals surface area contributed by atoms with Crippen LogP contribution in [0.2, 0.25) is 0 Å². The number of aromatic nitrogens is 1. The number of hydrogen-bond donors (Lipinski definition) is 1. The molecule has 1 aliphatic carbocycles. The van der Waals surface area contributed by atoms with Gasteiger partial charge < -0.3 is 19.3 Å². The summed E-state index contributed by atoms with van der Waals surface area (Å²) in [5, 5.41) is 9.22. The van der Waals surface area contributed by atoms with E-state index in [4.69, 9.17) is 4.42 Å². The Morgan fingerprint density at radius 2 is 1.85 bits per heavy atom. The summed E-state index contributed by atoms with van der Waals surface area (Å²) < 4.78 is 5.84. The Bertz CT molecular complexity index is 853. The minimum Gasteiger partial charge on any atom is -0.481 e. The van der Waals surface area contributed by atoms with Gasteiger partial charge in [0.25, 0.3) is 6.01 Å². The lowest BCUT2D eigenvalue weighted by atomic mass is 9.94. The van der Waals surface area contributed by atoms with Crippen molar-refractivity contribution in [3.63, 3.8) is 0 Å². The number of aliphatic carboxylic acids is 1. The summed E-state index contributed by atoms with van der Waals surface area (Å²) in [4.78, 5) is 32.7. The van der Waals surface area contributed by atoms with Crippen molar-refractivity contribution in [3.8, 4) is 0 Å². The molecule has 2 saturated heterocycles. The number of rotatable bonds is 3. The Morgan fingerprint density at radius 1 is 1.07 bits per heavy atom. The quantitative estimate of drug-likeness (QED) is 0.893. The van der Waals surface area contributed by atoms with Gasteiger partial charge >= 0.3 is 5.97 Å². The minimum atomic E-state index is -0.703. The molecule has 1 aromatic heterocycles. The number of amides is 1. The highest BCUT2D eigenvalue weighted by Gasteiger charge is 2.57. The molecule has 0 unspecified atom stereocenters. The third kappa shape index (κ3) is 2.85. The Labute approximate surface area is 156 Å². The van der Waals surface area contributed by atoms with Crippen molar-refractivity contribution < 1.29 is 19.1 Å². The van der Waals surface area contributed by atoms with Gasteiger partial charge in [-0.15, -0.1) is 0 Å². The first-order valence-electron chi connectivity index (χ1n) is 9.74. The van der Waals surface area contributed by atoms with Crippen LogP contribution in [0.3, 0.4) is 0 Å². The summed E-state index contributed by atoms with van der Waals surface area (Å²) in [5.74, 6) is -0.270. The second-order valence-corrected chi connectivity index (χ2v) is 7.99. The van der Waals surface area contributed by atoms with Gasteiger partial charge in [0.05, 0.1) is 5.92 Å². The number of nitrogens with zero attached hydrogens (tertiary/aromatic N) is 3. The summed E-state index contributed by atoms with van der Waals surface area (Å²) >= 11 is 0. The summed E-state index contributed by atoms with van der Waals surface area (Å²) in [7, 11) is 0. The maximum absolute atomic E-state index is 12.9. The predicted molar refractivity (Wildman–Crippen MR) is 98.2 cm³/mol. The molecule has 0 radical (unpaired) electrons. The van der Waals surface area contributed by atoms with Crippen LogP contribution in [0.15, 0.2) is 28.7 Å². The molecule has 27 heavy (non-hydrogen) atoms. The molecule has 1 saturated carbocycles. The van der Waals surface area contributed by atoms with Crippen molar-refractivity contribution in [3.05, 3.63) is 24.3 Å². The molecule has 5 rings (SSSR count). The van der Waals surface area contributed by atoms with E-state index in [9.17, 15) is 14.7 Å². The van der Waals surface area contributed by atoms with Crippen molar-refractivity contribution >= 4 is 29.0 Å². The van der Waals surface area contributed by atoms with E-state index in [2.05, 4.69) is 9.88 Å². The van der Waals surface area contributed by atoms with Gasteiger partial charge in [0.1, 0.15) is 5.52 Å². The normalized spacial score (nSPS) is 28.2. The number of hydrogen-bond acceptors (Lipinski definition) is 5. The molecule has 142 valence electrons. The van der Waals surface area contributed by atoms with Gasteiger partial charge in [-0.25, -0.2) is 0 Å². The number of fused-ring (bicyclic) bond motifs is 2. The van der Waals surface area contributed by atoms with Crippen molar-refractivity contribution in [2.24, 2.45) is 23.7 Å². The third-order valence-electron chi connectivity index (χ3n) is 6.49. The number of carbonyl (C=O) groups is 2. The number of carbonyl (C=O) groups excluding carboxylic acids is 1. The zero-order valence-electron chi connectivity index (χ0n) is 15.1. The summed E-state index contributed by atoms with van der Waals surface area (Å²) in [5.41, 5.74) is 1.64. The molecule has 3 fully saturated rings. The van der Waals surface area contributed by atoms with E-state index in [1.165, 1.54) is 0 Å². The number of benzene rings is 1. The minimum absolute atomic E-state index is 0.0178. The number of anilines is 1. The van der Waals surface area contributed by atoms with Crippen LogP contribution < -0.4 is 4.90 Å². The number of carboxylic acid groups (broad SMARTS) is 1. The number of carboxylic acids is 1. The molecule has 2 aromatic rings. The summed E-state index contributed by atoms with van der Waals surface area (Å²) in [6.45, 7) is 2.82.